The molecule has 6 nitrogen and oxygen atoms in total. The smallest absolute Gasteiger partial charge is 0.343 e. The van der Waals surface area contributed by atoms with Gasteiger partial charge in [0.25, 0.3) is 0 Å². The molecule has 0 bridgehead atoms. The van der Waals surface area contributed by atoms with Crippen LogP contribution in [0, 0.1) is 5.92 Å². The number of rotatable bonds is 11. The zero-order chi connectivity index (χ0) is 21.9. The first-order chi connectivity index (χ1) is 14.4. The van der Waals surface area contributed by atoms with Crippen molar-refractivity contribution < 1.29 is 28.9 Å². The predicted molar refractivity (Wildman–Crippen MR) is 114 cm³/mol. The van der Waals surface area contributed by atoms with E-state index >= 15 is 0 Å². The van der Waals surface area contributed by atoms with Crippen molar-refractivity contribution >= 4 is 11.9 Å². The van der Waals surface area contributed by atoms with Gasteiger partial charge in [-0.25, -0.2) is 9.59 Å². The first kappa shape index (κ1) is 23.2. The molecular weight excluding hydrogens is 384 g/mol. The number of aliphatic hydroxyl groups is 1. The summed E-state index contributed by atoms with van der Waals surface area (Å²) < 4.78 is 15.6. The minimum Gasteiger partial charge on any atom is -0.491 e. The van der Waals surface area contributed by atoms with Crippen molar-refractivity contribution in [3.63, 3.8) is 0 Å². The molecule has 30 heavy (non-hydrogen) atoms. The second kappa shape index (κ2) is 11.8. The normalized spacial score (nSPS) is 12.5. The molecule has 0 aliphatic rings. The number of aliphatic hydroxyl groups excluding tert-OH is 1. The second-order valence-electron chi connectivity index (χ2n) is 7.07. The summed E-state index contributed by atoms with van der Waals surface area (Å²) in [5.41, 5.74) is 1.60. The zero-order valence-corrected chi connectivity index (χ0v) is 17.4. The summed E-state index contributed by atoms with van der Waals surface area (Å²) in [5.74, 6) is 0.498. The molecule has 2 aromatic carbocycles. The van der Waals surface area contributed by atoms with Gasteiger partial charge in [-0.3, -0.25) is 0 Å². The number of esters is 2. The van der Waals surface area contributed by atoms with Crippen LogP contribution in [0.25, 0.3) is 0 Å². The van der Waals surface area contributed by atoms with Gasteiger partial charge >= 0.3 is 11.9 Å². The summed E-state index contributed by atoms with van der Waals surface area (Å²) in [6.07, 6.45) is 2.17. The summed E-state index contributed by atoms with van der Waals surface area (Å²) in [7, 11) is 0. The Morgan fingerprint density at radius 1 is 1.03 bits per heavy atom. The Kier molecular flexibility index (Phi) is 9.09. The molecule has 0 fully saturated rings. The first-order valence-electron chi connectivity index (χ1n) is 9.92. The largest absolute Gasteiger partial charge is 0.491 e. The van der Waals surface area contributed by atoms with Crippen LogP contribution in [0.4, 0.5) is 0 Å². The van der Waals surface area contributed by atoms with E-state index in [2.05, 4.69) is 20.4 Å². The van der Waals surface area contributed by atoms with Crippen LogP contribution >= 0.6 is 0 Å². The van der Waals surface area contributed by atoms with Crippen molar-refractivity contribution in [2.45, 2.75) is 32.8 Å². The Bertz CT molecular complexity index is 826. The van der Waals surface area contributed by atoms with E-state index in [-0.39, 0.29) is 13.2 Å². The summed E-state index contributed by atoms with van der Waals surface area (Å²) in [6, 6.07) is 13.9. The van der Waals surface area contributed by atoms with Gasteiger partial charge in [0.05, 0.1) is 5.56 Å². The lowest BCUT2D eigenvalue weighted by molar-refractivity contribution is -0.141. The Morgan fingerprint density at radius 3 is 2.27 bits per heavy atom. The Morgan fingerprint density at radius 2 is 1.67 bits per heavy atom. The Labute approximate surface area is 177 Å². The third-order valence-corrected chi connectivity index (χ3v) is 4.53. The number of hydrogen-bond acceptors (Lipinski definition) is 6. The highest BCUT2D eigenvalue weighted by Crippen LogP contribution is 2.19. The van der Waals surface area contributed by atoms with E-state index in [0.717, 1.165) is 18.9 Å². The summed E-state index contributed by atoms with van der Waals surface area (Å²) in [4.78, 5) is 23.3. The molecule has 0 amide bonds. The topological polar surface area (TPSA) is 82.1 Å². The standard InChI is InChI=1S/C24H28O6/c1-4-17(3)14-18-6-10-22(11-7-18)30-24(27)19-8-12-21(13-9-19)28-15-20(25)16-29-23(26)5-2/h5-13,17,20,25H,2,4,14-16H2,1,3H3. The van der Waals surface area contributed by atoms with E-state index in [1.807, 2.05) is 12.1 Å². The van der Waals surface area contributed by atoms with Crippen LogP contribution in [0.1, 0.15) is 36.2 Å². The molecule has 2 unspecified atom stereocenters. The minimum atomic E-state index is -0.971. The lowest BCUT2D eigenvalue weighted by Gasteiger charge is -2.12. The van der Waals surface area contributed by atoms with Crippen molar-refractivity contribution in [3.05, 3.63) is 72.3 Å². The van der Waals surface area contributed by atoms with E-state index in [1.54, 1.807) is 36.4 Å². The average molecular weight is 412 g/mol. The predicted octanol–water partition coefficient (Wildman–Crippen LogP) is 3.96. The average Bonchev–Trinajstić information content (AvgIpc) is 2.77. The van der Waals surface area contributed by atoms with Gasteiger partial charge in [0.1, 0.15) is 30.8 Å². The SMILES string of the molecule is C=CC(=O)OCC(O)COc1ccc(C(=O)Oc2ccc(CC(C)CC)cc2)cc1. The number of hydrogen-bond donors (Lipinski definition) is 1. The van der Waals surface area contributed by atoms with Crippen LogP contribution < -0.4 is 9.47 Å². The first-order valence-corrected chi connectivity index (χ1v) is 9.92. The monoisotopic (exact) mass is 412 g/mol. The quantitative estimate of drug-likeness (QED) is 0.342. The number of ether oxygens (including phenoxy) is 3. The van der Waals surface area contributed by atoms with Crippen molar-refractivity contribution in [3.8, 4) is 11.5 Å². The van der Waals surface area contributed by atoms with Gasteiger partial charge < -0.3 is 19.3 Å². The fraction of sp³-hybridized carbons (Fsp3) is 0.333. The number of carbonyl (C=O) groups excluding carboxylic acids is 2. The molecule has 1 N–H and O–H groups in total. The molecule has 0 spiro atoms. The zero-order valence-electron chi connectivity index (χ0n) is 17.4. The molecule has 2 atom stereocenters. The third-order valence-electron chi connectivity index (χ3n) is 4.53. The van der Waals surface area contributed by atoms with Crippen LogP contribution in [0.2, 0.25) is 0 Å². The van der Waals surface area contributed by atoms with Crippen LogP contribution in [-0.2, 0) is 16.0 Å². The van der Waals surface area contributed by atoms with Gasteiger partial charge in [-0.05, 0) is 54.3 Å². The maximum Gasteiger partial charge on any atom is 0.343 e. The highest BCUT2D eigenvalue weighted by Gasteiger charge is 2.11. The molecule has 160 valence electrons. The molecule has 0 saturated carbocycles. The van der Waals surface area contributed by atoms with Gasteiger partial charge in [-0.1, -0.05) is 39.0 Å². The van der Waals surface area contributed by atoms with E-state index in [1.165, 1.54) is 5.56 Å². The molecule has 2 rings (SSSR count). The van der Waals surface area contributed by atoms with Crippen molar-refractivity contribution in [2.24, 2.45) is 5.92 Å². The Balaban J connectivity index is 1.83. The maximum atomic E-state index is 12.3. The van der Waals surface area contributed by atoms with Crippen molar-refractivity contribution in [2.75, 3.05) is 13.2 Å². The fourth-order valence-electron chi connectivity index (χ4n) is 2.57. The summed E-state index contributed by atoms with van der Waals surface area (Å²) >= 11 is 0. The molecule has 0 aliphatic carbocycles. The lowest BCUT2D eigenvalue weighted by Crippen LogP contribution is -2.24. The fourth-order valence-corrected chi connectivity index (χ4v) is 2.57. The van der Waals surface area contributed by atoms with E-state index in [4.69, 9.17) is 14.2 Å². The van der Waals surface area contributed by atoms with Crippen LogP contribution in [0.15, 0.2) is 61.2 Å². The van der Waals surface area contributed by atoms with Gasteiger partial charge in [0.2, 0.25) is 0 Å². The molecule has 0 radical (unpaired) electrons. The minimum absolute atomic E-state index is 0.0583. The molecule has 0 aliphatic heterocycles. The maximum absolute atomic E-state index is 12.3. The molecule has 0 aromatic heterocycles. The van der Waals surface area contributed by atoms with E-state index < -0.39 is 18.0 Å². The molecule has 6 heteroatoms. The highest BCUT2D eigenvalue weighted by atomic mass is 16.5. The van der Waals surface area contributed by atoms with Crippen LogP contribution in [0.5, 0.6) is 11.5 Å². The highest BCUT2D eigenvalue weighted by molar-refractivity contribution is 5.91. The summed E-state index contributed by atoms with van der Waals surface area (Å²) in [5, 5.41) is 9.73. The number of carbonyl (C=O) groups is 2. The third kappa shape index (κ3) is 7.72. The molecule has 2 aromatic rings. The number of benzene rings is 2. The Hall–Kier alpha value is -3.12. The van der Waals surface area contributed by atoms with E-state index in [0.29, 0.717) is 23.0 Å². The van der Waals surface area contributed by atoms with Crippen molar-refractivity contribution in [1.29, 1.82) is 0 Å². The van der Waals surface area contributed by atoms with Crippen LogP contribution in [0.3, 0.4) is 0 Å². The van der Waals surface area contributed by atoms with E-state index in [9.17, 15) is 14.7 Å². The molecular formula is C24H28O6. The summed E-state index contributed by atoms with van der Waals surface area (Å²) in [6.45, 7) is 7.40. The van der Waals surface area contributed by atoms with Gasteiger partial charge in [-0.15, -0.1) is 0 Å². The second-order valence-corrected chi connectivity index (χ2v) is 7.07. The van der Waals surface area contributed by atoms with Gasteiger partial charge in [0.15, 0.2) is 0 Å². The van der Waals surface area contributed by atoms with Gasteiger partial charge in [-0.2, -0.15) is 0 Å². The molecule has 0 saturated heterocycles. The lowest BCUT2D eigenvalue weighted by atomic mass is 9.99. The van der Waals surface area contributed by atoms with Gasteiger partial charge in [0, 0.05) is 6.08 Å². The van der Waals surface area contributed by atoms with Crippen LogP contribution in [-0.4, -0.2) is 36.4 Å². The van der Waals surface area contributed by atoms with Crippen molar-refractivity contribution in [1.82, 2.24) is 0 Å². The molecule has 0 heterocycles.